The maximum Gasteiger partial charge on any atom is 0.0613 e. The van der Waals surface area contributed by atoms with E-state index in [1.54, 1.807) is 0 Å². The molecule has 3 heteroatoms. The lowest BCUT2D eigenvalue weighted by molar-refractivity contribution is 0.163. The van der Waals surface area contributed by atoms with E-state index >= 15 is 0 Å². The molecular weight excluding hydrogens is 224 g/mol. The van der Waals surface area contributed by atoms with E-state index in [0.717, 1.165) is 19.4 Å². The van der Waals surface area contributed by atoms with Crippen LogP contribution in [0.3, 0.4) is 0 Å². The number of H-pyrrole nitrogens is 1. The summed E-state index contributed by atoms with van der Waals surface area (Å²) in [5, 5.41) is 14.4. The Balaban J connectivity index is 1.78. The van der Waals surface area contributed by atoms with Gasteiger partial charge >= 0.3 is 0 Å². The minimum absolute atomic E-state index is 0.0469. The second kappa shape index (κ2) is 4.75. The topological polar surface area (TPSA) is 48.0 Å². The first-order chi connectivity index (χ1) is 8.83. The van der Waals surface area contributed by atoms with E-state index in [1.165, 1.54) is 29.3 Å². The molecular formula is C15H20N2O. The van der Waals surface area contributed by atoms with Gasteiger partial charge in [-0.15, -0.1) is 0 Å². The van der Waals surface area contributed by atoms with Gasteiger partial charge in [0.15, 0.2) is 0 Å². The molecule has 18 heavy (non-hydrogen) atoms. The molecule has 1 heterocycles. The smallest absolute Gasteiger partial charge is 0.0613 e. The average molecular weight is 244 g/mol. The zero-order valence-corrected chi connectivity index (χ0v) is 10.6. The molecule has 1 aliphatic rings. The van der Waals surface area contributed by atoms with Crippen molar-refractivity contribution in [2.24, 2.45) is 0 Å². The average Bonchev–Trinajstić information content (AvgIpc) is 3.06. The fourth-order valence-electron chi connectivity index (χ4n) is 3.02. The van der Waals surface area contributed by atoms with Gasteiger partial charge in [-0.2, -0.15) is 0 Å². The summed E-state index contributed by atoms with van der Waals surface area (Å²) in [7, 11) is 0. The highest BCUT2D eigenvalue weighted by atomic mass is 16.3. The van der Waals surface area contributed by atoms with E-state index in [1.807, 2.05) is 6.20 Å². The van der Waals surface area contributed by atoms with Crippen molar-refractivity contribution in [3.8, 4) is 0 Å². The Hall–Kier alpha value is -1.32. The molecule has 0 bridgehead atoms. The second-order valence-electron chi connectivity index (χ2n) is 5.36. The summed E-state index contributed by atoms with van der Waals surface area (Å²) < 4.78 is 0. The maximum absolute atomic E-state index is 9.60. The van der Waals surface area contributed by atoms with Crippen LogP contribution in [0, 0.1) is 0 Å². The molecule has 0 aliphatic heterocycles. The highest BCUT2D eigenvalue weighted by molar-refractivity contribution is 5.82. The van der Waals surface area contributed by atoms with Gasteiger partial charge in [-0.25, -0.2) is 0 Å². The lowest BCUT2D eigenvalue weighted by Crippen LogP contribution is -2.45. The molecule has 3 nitrogen and oxygen atoms in total. The van der Waals surface area contributed by atoms with Gasteiger partial charge in [-0.05, 0) is 29.9 Å². The van der Waals surface area contributed by atoms with Crippen molar-refractivity contribution in [3.05, 3.63) is 36.0 Å². The fourth-order valence-corrected chi connectivity index (χ4v) is 3.02. The largest absolute Gasteiger partial charge is 0.394 e. The SMILES string of the molecule is OCC1(NCc2cccc3cc[nH]c23)CCCC1. The third kappa shape index (κ3) is 2.04. The fraction of sp³-hybridized carbons (Fsp3) is 0.467. The van der Waals surface area contributed by atoms with E-state index in [4.69, 9.17) is 0 Å². The van der Waals surface area contributed by atoms with E-state index in [0.29, 0.717) is 0 Å². The molecule has 2 aromatic rings. The molecule has 96 valence electrons. The van der Waals surface area contributed by atoms with Crippen LogP contribution < -0.4 is 5.32 Å². The van der Waals surface area contributed by atoms with Gasteiger partial charge in [0.2, 0.25) is 0 Å². The summed E-state index contributed by atoms with van der Waals surface area (Å²) in [5.74, 6) is 0. The maximum atomic E-state index is 9.60. The van der Waals surface area contributed by atoms with Crippen LogP contribution in [0.1, 0.15) is 31.2 Å². The molecule has 0 amide bonds. The number of aliphatic hydroxyl groups is 1. The molecule has 0 unspecified atom stereocenters. The molecule has 0 saturated heterocycles. The second-order valence-corrected chi connectivity index (χ2v) is 5.36. The van der Waals surface area contributed by atoms with Crippen molar-refractivity contribution >= 4 is 10.9 Å². The van der Waals surface area contributed by atoms with Crippen LogP contribution in [0.4, 0.5) is 0 Å². The molecule has 3 N–H and O–H groups in total. The van der Waals surface area contributed by atoms with Crippen LogP contribution in [0.2, 0.25) is 0 Å². The molecule has 3 rings (SSSR count). The van der Waals surface area contributed by atoms with Crippen LogP contribution in [-0.2, 0) is 6.54 Å². The summed E-state index contributed by atoms with van der Waals surface area (Å²) in [6.45, 7) is 1.06. The zero-order valence-electron chi connectivity index (χ0n) is 10.6. The van der Waals surface area contributed by atoms with Crippen LogP contribution in [-0.4, -0.2) is 22.2 Å². The molecule has 1 fully saturated rings. The number of aromatic amines is 1. The first-order valence-corrected chi connectivity index (χ1v) is 6.74. The number of rotatable bonds is 4. The van der Waals surface area contributed by atoms with Gasteiger partial charge in [0.1, 0.15) is 0 Å². The normalized spacial score (nSPS) is 18.5. The molecule has 1 saturated carbocycles. The number of fused-ring (bicyclic) bond motifs is 1. The third-order valence-electron chi connectivity index (χ3n) is 4.19. The van der Waals surface area contributed by atoms with Gasteiger partial charge in [-0.1, -0.05) is 31.0 Å². The molecule has 1 aromatic carbocycles. The number of aliphatic hydroxyl groups excluding tert-OH is 1. The Morgan fingerprint density at radius 3 is 2.83 bits per heavy atom. The summed E-state index contributed by atoms with van der Waals surface area (Å²) in [6, 6.07) is 8.45. The van der Waals surface area contributed by atoms with Crippen molar-refractivity contribution in [2.45, 2.75) is 37.8 Å². The van der Waals surface area contributed by atoms with E-state index in [-0.39, 0.29) is 12.1 Å². The minimum Gasteiger partial charge on any atom is -0.394 e. The third-order valence-corrected chi connectivity index (χ3v) is 4.19. The highest BCUT2D eigenvalue weighted by Gasteiger charge is 2.32. The van der Waals surface area contributed by atoms with Gasteiger partial charge in [0.25, 0.3) is 0 Å². The molecule has 0 radical (unpaired) electrons. The summed E-state index contributed by atoms with van der Waals surface area (Å²) in [5.41, 5.74) is 2.43. The van der Waals surface area contributed by atoms with Crippen molar-refractivity contribution < 1.29 is 5.11 Å². The highest BCUT2D eigenvalue weighted by Crippen LogP contribution is 2.29. The van der Waals surface area contributed by atoms with Gasteiger partial charge in [0, 0.05) is 23.8 Å². The van der Waals surface area contributed by atoms with Crippen LogP contribution in [0.15, 0.2) is 30.5 Å². The molecule has 0 spiro atoms. The van der Waals surface area contributed by atoms with Crippen molar-refractivity contribution in [1.82, 2.24) is 10.3 Å². The number of benzene rings is 1. The zero-order chi connectivity index (χ0) is 12.4. The Labute approximate surface area is 107 Å². The number of aromatic nitrogens is 1. The monoisotopic (exact) mass is 244 g/mol. The Morgan fingerprint density at radius 1 is 1.22 bits per heavy atom. The predicted molar refractivity (Wildman–Crippen MR) is 73.4 cm³/mol. The summed E-state index contributed by atoms with van der Waals surface area (Å²) in [4.78, 5) is 3.29. The Morgan fingerprint density at radius 2 is 2.06 bits per heavy atom. The number of hydrogen-bond donors (Lipinski definition) is 3. The van der Waals surface area contributed by atoms with Gasteiger partial charge in [0.05, 0.1) is 6.61 Å². The van der Waals surface area contributed by atoms with Crippen LogP contribution in [0.25, 0.3) is 10.9 Å². The molecule has 0 atom stereocenters. The molecule has 1 aliphatic carbocycles. The van der Waals surface area contributed by atoms with Crippen LogP contribution in [0.5, 0.6) is 0 Å². The van der Waals surface area contributed by atoms with E-state index < -0.39 is 0 Å². The van der Waals surface area contributed by atoms with Crippen molar-refractivity contribution in [3.63, 3.8) is 0 Å². The van der Waals surface area contributed by atoms with Crippen molar-refractivity contribution in [2.75, 3.05) is 6.61 Å². The summed E-state index contributed by atoms with van der Waals surface area (Å²) >= 11 is 0. The van der Waals surface area contributed by atoms with Crippen LogP contribution >= 0.6 is 0 Å². The van der Waals surface area contributed by atoms with Gasteiger partial charge < -0.3 is 15.4 Å². The predicted octanol–water partition coefficient (Wildman–Crippen LogP) is 2.56. The van der Waals surface area contributed by atoms with E-state index in [9.17, 15) is 5.11 Å². The van der Waals surface area contributed by atoms with E-state index in [2.05, 4.69) is 34.6 Å². The lowest BCUT2D eigenvalue weighted by Gasteiger charge is -2.28. The Kier molecular flexibility index (Phi) is 3.10. The lowest BCUT2D eigenvalue weighted by atomic mass is 9.98. The first-order valence-electron chi connectivity index (χ1n) is 6.74. The quantitative estimate of drug-likeness (QED) is 0.774. The first kappa shape index (κ1) is 11.8. The number of hydrogen-bond acceptors (Lipinski definition) is 2. The standard InChI is InChI=1S/C15H20N2O/c18-11-15(7-1-2-8-15)17-10-13-5-3-4-12-6-9-16-14(12)13/h3-6,9,16-18H,1-2,7-8,10-11H2. The number of para-hydroxylation sites is 1. The summed E-state index contributed by atoms with van der Waals surface area (Å²) in [6.07, 6.45) is 6.60. The van der Waals surface area contributed by atoms with Gasteiger partial charge in [-0.3, -0.25) is 0 Å². The number of nitrogens with one attached hydrogen (secondary N) is 2. The molecule has 1 aromatic heterocycles. The van der Waals surface area contributed by atoms with Crippen molar-refractivity contribution in [1.29, 1.82) is 0 Å². The minimum atomic E-state index is -0.0469. The Bertz CT molecular complexity index is 526.